The minimum absolute atomic E-state index is 0.292. The number of anilines is 2. The number of fused-ring (bicyclic) bond motifs is 1. The number of carbonyl (C=O) groups is 1. The molecule has 1 aromatic heterocycles. The molecule has 1 saturated carbocycles. The third kappa shape index (κ3) is 2.44. The Balaban J connectivity index is 1.82. The Hall–Kier alpha value is -1.78. The van der Waals surface area contributed by atoms with E-state index in [0.717, 1.165) is 30.7 Å². The third-order valence-corrected chi connectivity index (χ3v) is 4.75. The highest BCUT2D eigenvalue weighted by atomic mass is 16.1. The number of piperidine rings is 1. The maximum Gasteiger partial charge on any atom is 0.267 e. The standard InChI is InChI=1S/C15H22N4O/c16-12-5-6-13(14(17)20)18-15(12)19-8-7-10-3-1-2-4-11(10)9-19/h5-6,10-11H,1-4,7-9,16H2,(H2,17,20). The van der Waals surface area contributed by atoms with Crippen molar-refractivity contribution < 1.29 is 4.79 Å². The van der Waals surface area contributed by atoms with Crippen LogP contribution in [0.1, 0.15) is 42.6 Å². The summed E-state index contributed by atoms with van der Waals surface area (Å²) >= 11 is 0. The number of pyridine rings is 1. The predicted octanol–water partition coefficient (Wildman–Crippen LogP) is 1.78. The number of nitrogen functional groups attached to an aromatic ring is 1. The maximum atomic E-state index is 11.3. The molecule has 1 saturated heterocycles. The van der Waals surface area contributed by atoms with Gasteiger partial charge in [-0.05, 0) is 36.8 Å². The van der Waals surface area contributed by atoms with Crippen LogP contribution in [0.3, 0.4) is 0 Å². The molecule has 4 N–H and O–H groups in total. The van der Waals surface area contributed by atoms with Gasteiger partial charge in [0, 0.05) is 13.1 Å². The summed E-state index contributed by atoms with van der Waals surface area (Å²) in [6, 6.07) is 3.32. The average Bonchev–Trinajstić information content (AvgIpc) is 2.47. The molecule has 0 radical (unpaired) electrons. The molecule has 1 aliphatic carbocycles. The fourth-order valence-electron chi connectivity index (χ4n) is 3.64. The molecule has 2 heterocycles. The van der Waals surface area contributed by atoms with Crippen molar-refractivity contribution in [3.8, 4) is 0 Å². The second-order valence-electron chi connectivity index (χ2n) is 6.01. The molecule has 1 aromatic rings. The van der Waals surface area contributed by atoms with Crippen LogP contribution in [0.15, 0.2) is 12.1 Å². The first kappa shape index (κ1) is 13.2. The summed E-state index contributed by atoms with van der Waals surface area (Å²) in [6.45, 7) is 1.98. The van der Waals surface area contributed by atoms with Crippen LogP contribution in [0, 0.1) is 11.8 Å². The highest BCUT2D eigenvalue weighted by molar-refractivity contribution is 5.91. The Bertz CT molecular complexity index is 517. The number of nitrogens with zero attached hydrogens (tertiary/aromatic N) is 2. The minimum atomic E-state index is -0.501. The summed E-state index contributed by atoms with van der Waals surface area (Å²) in [6.07, 6.45) is 6.57. The maximum absolute atomic E-state index is 11.3. The quantitative estimate of drug-likeness (QED) is 0.860. The first-order valence-electron chi connectivity index (χ1n) is 7.46. The summed E-state index contributed by atoms with van der Waals surface area (Å²) in [5.74, 6) is 1.83. The molecule has 5 nitrogen and oxygen atoms in total. The van der Waals surface area contributed by atoms with Gasteiger partial charge in [0.2, 0.25) is 0 Å². The smallest absolute Gasteiger partial charge is 0.267 e. The lowest BCUT2D eigenvalue weighted by Crippen LogP contribution is -2.42. The fourth-order valence-corrected chi connectivity index (χ4v) is 3.64. The van der Waals surface area contributed by atoms with Gasteiger partial charge >= 0.3 is 0 Å². The number of rotatable bonds is 2. The van der Waals surface area contributed by atoms with Crippen LogP contribution >= 0.6 is 0 Å². The van der Waals surface area contributed by atoms with E-state index in [9.17, 15) is 4.79 Å². The largest absolute Gasteiger partial charge is 0.396 e. The Morgan fingerprint density at radius 1 is 1.20 bits per heavy atom. The summed E-state index contributed by atoms with van der Waals surface area (Å²) in [5.41, 5.74) is 12.3. The van der Waals surface area contributed by atoms with Crippen molar-refractivity contribution in [2.75, 3.05) is 23.7 Å². The van der Waals surface area contributed by atoms with Crippen LogP contribution in [0.25, 0.3) is 0 Å². The van der Waals surface area contributed by atoms with Gasteiger partial charge < -0.3 is 16.4 Å². The molecule has 0 bridgehead atoms. The highest BCUT2D eigenvalue weighted by Gasteiger charge is 2.32. The fraction of sp³-hybridized carbons (Fsp3) is 0.600. The lowest BCUT2D eigenvalue weighted by atomic mass is 9.75. The van der Waals surface area contributed by atoms with Gasteiger partial charge in [0.05, 0.1) is 5.69 Å². The number of hydrogen-bond acceptors (Lipinski definition) is 4. The van der Waals surface area contributed by atoms with E-state index in [0.29, 0.717) is 11.4 Å². The van der Waals surface area contributed by atoms with E-state index in [1.165, 1.54) is 32.1 Å². The normalized spacial score (nSPS) is 26.1. The van der Waals surface area contributed by atoms with Crippen molar-refractivity contribution in [2.45, 2.75) is 32.1 Å². The van der Waals surface area contributed by atoms with E-state index in [-0.39, 0.29) is 0 Å². The number of aromatic nitrogens is 1. The van der Waals surface area contributed by atoms with E-state index >= 15 is 0 Å². The van der Waals surface area contributed by atoms with Gasteiger partial charge in [-0.2, -0.15) is 0 Å². The van der Waals surface area contributed by atoms with E-state index in [4.69, 9.17) is 11.5 Å². The van der Waals surface area contributed by atoms with E-state index in [2.05, 4.69) is 9.88 Å². The van der Waals surface area contributed by atoms with Crippen LogP contribution in [-0.2, 0) is 0 Å². The van der Waals surface area contributed by atoms with Crippen molar-refractivity contribution in [2.24, 2.45) is 17.6 Å². The SMILES string of the molecule is NC(=O)c1ccc(N)c(N2CCC3CCCCC3C2)n1. The molecular formula is C15H22N4O. The molecule has 1 aliphatic heterocycles. The minimum Gasteiger partial charge on any atom is -0.396 e. The molecule has 1 amide bonds. The zero-order chi connectivity index (χ0) is 14.1. The van der Waals surface area contributed by atoms with Gasteiger partial charge in [0.15, 0.2) is 5.82 Å². The second-order valence-corrected chi connectivity index (χ2v) is 6.01. The van der Waals surface area contributed by atoms with Crippen LogP contribution < -0.4 is 16.4 Å². The van der Waals surface area contributed by atoms with Crippen LogP contribution in [0.5, 0.6) is 0 Å². The first-order valence-corrected chi connectivity index (χ1v) is 7.46. The molecule has 0 spiro atoms. The zero-order valence-electron chi connectivity index (χ0n) is 11.7. The van der Waals surface area contributed by atoms with Gasteiger partial charge in [-0.3, -0.25) is 4.79 Å². The molecule has 0 aromatic carbocycles. The van der Waals surface area contributed by atoms with Gasteiger partial charge in [-0.1, -0.05) is 19.3 Å². The van der Waals surface area contributed by atoms with Crippen molar-refractivity contribution >= 4 is 17.4 Å². The molecular weight excluding hydrogens is 252 g/mol. The summed E-state index contributed by atoms with van der Waals surface area (Å²) in [4.78, 5) is 17.9. The molecule has 2 unspecified atom stereocenters. The molecule has 2 atom stereocenters. The predicted molar refractivity (Wildman–Crippen MR) is 79.4 cm³/mol. The molecule has 108 valence electrons. The molecule has 20 heavy (non-hydrogen) atoms. The van der Waals surface area contributed by atoms with Gasteiger partial charge in [-0.15, -0.1) is 0 Å². The highest BCUT2D eigenvalue weighted by Crippen LogP contribution is 2.38. The summed E-state index contributed by atoms with van der Waals surface area (Å²) in [5, 5.41) is 0. The number of carbonyl (C=O) groups excluding carboxylic acids is 1. The molecule has 3 rings (SSSR count). The Morgan fingerprint density at radius 3 is 2.70 bits per heavy atom. The summed E-state index contributed by atoms with van der Waals surface area (Å²) < 4.78 is 0. The van der Waals surface area contributed by atoms with Crippen molar-refractivity contribution in [3.63, 3.8) is 0 Å². The number of amides is 1. The number of primary amides is 1. The topological polar surface area (TPSA) is 85.2 Å². The second kappa shape index (κ2) is 5.31. The Kier molecular flexibility index (Phi) is 3.51. The van der Waals surface area contributed by atoms with Crippen molar-refractivity contribution in [3.05, 3.63) is 17.8 Å². The van der Waals surface area contributed by atoms with Crippen LogP contribution in [0.4, 0.5) is 11.5 Å². The van der Waals surface area contributed by atoms with E-state index in [1.807, 2.05) is 0 Å². The summed E-state index contributed by atoms with van der Waals surface area (Å²) in [7, 11) is 0. The number of nitrogens with two attached hydrogens (primary N) is 2. The molecule has 2 fully saturated rings. The number of hydrogen-bond donors (Lipinski definition) is 2. The van der Waals surface area contributed by atoms with Gasteiger partial charge in [0.25, 0.3) is 5.91 Å². The van der Waals surface area contributed by atoms with Crippen LogP contribution in [-0.4, -0.2) is 24.0 Å². The Morgan fingerprint density at radius 2 is 1.95 bits per heavy atom. The lowest BCUT2D eigenvalue weighted by Gasteiger charge is -2.42. The van der Waals surface area contributed by atoms with E-state index < -0.39 is 5.91 Å². The lowest BCUT2D eigenvalue weighted by molar-refractivity contribution is 0.0995. The van der Waals surface area contributed by atoms with Gasteiger partial charge in [-0.25, -0.2) is 4.98 Å². The third-order valence-electron chi connectivity index (χ3n) is 4.75. The average molecular weight is 274 g/mol. The molecule has 2 aliphatic rings. The molecule has 5 heteroatoms. The Labute approximate surface area is 119 Å². The van der Waals surface area contributed by atoms with Crippen LogP contribution in [0.2, 0.25) is 0 Å². The monoisotopic (exact) mass is 274 g/mol. The van der Waals surface area contributed by atoms with E-state index in [1.54, 1.807) is 12.1 Å². The van der Waals surface area contributed by atoms with Gasteiger partial charge in [0.1, 0.15) is 5.69 Å². The van der Waals surface area contributed by atoms with Crippen molar-refractivity contribution in [1.29, 1.82) is 0 Å². The van der Waals surface area contributed by atoms with Crippen molar-refractivity contribution in [1.82, 2.24) is 4.98 Å². The zero-order valence-corrected chi connectivity index (χ0v) is 11.7. The first-order chi connectivity index (χ1) is 9.65.